The lowest BCUT2D eigenvalue weighted by Crippen LogP contribution is -2.57. The summed E-state index contributed by atoms with van der Waals surface area (Å²) in [5.41, 5.74) is -1.30. The van der Waals surface area contributed by atoms with Gasteiger partial charge in [0.05, 0.1) is 5.41 Å². The zero-order chi connectivity index (χ0) is 13.4. The summed E-state index contributed by atoms with van der Waals surface area (Å²) in [4.78, 5) is 24.2. The predicted octanol–water partition coefficient (Wildman–Crippen LogP) is 1.96. The summed E-state index contributed by atoms with van der Waals surface area (Å²) in [6.45, 7) is 9.71. The predicted molar refractivity (Wildman–Crippen MR) is 62.7 cm³/mol. The van der Waals surface area contributed by atoms with E-state index in [0.717, 1.165) is 0 Å². The van der Waals surface area contributed by atoms with Gasteiger partial charge in [-0.15, -0.1) is 0 Å². The van der Waals surface area contributed by atoms with Gasteiger partial charge in [0.25, 0.3) is 0 Å². The van der Waals surface area contributed by atoms with Gasteiger partial charge < -0.3 is 14.7 Å². The van der Waals surface area contributed by atoms with Crippen molar-refractivity contribution in [1.29, 1.82) is 0 Å². The first-order valence-electron chi connectivity index (χ1n) is 5.75. The van der Waals surface area contributed by atoms with Crippen LogP contribution in [-0.4, -0.2) is 40.8 Å². The number of ether oxygens (including phenoxy) is 1. The Labute approximate surface area is 102 Å². The number of carboxylic acid groups (broad SMARTS) is 1. The fourth-order valence-electron chi connectivity index (χ4n) is 1.59. The summed E-state index contributed by atoms with van der Waals surface area (Å²) in [5, 5.41) is 9.05. The van der Waals surface area contributed by atoms with E-state index in [9.17, 15) is 9.59 Å². The lowest BCUT2D eigenvalue weighted by atomic mass is 9.74. The number of carboxylic acids is 1. The molecule has 5 nitrogen and oxygen atoms in total. The molecule has 17 heavy (non-hydrogen) atoms. The van der Waals surface area contributed by atoms with Gasteiger partial charge >= 0.3 is 12.1 Å². The molecule has 1 rings (SSSR count). The van der Waals surface area contributed by atoms with Crippen molar-refractivity contribution in [2.75, 3.05) is 13.1 Å². The van der Waals surface area contributed by atoms with Crippen LogP contribution in [-0.2, 0) is 9.53 Å². The second kappa shape index (κ2) is 4.20. The van der Waals surface area contributed by atoms with Crippen LogP contribution in [0.15, 0.2) is 0 Å². The topological polar surface area (TPSA) is 66.8 Å². The molecule has 0 bridgehead atoms. The average molecular weight is 243 g/mol. The zero-order valence-corrected chi connectivity index (χ0v) is 11.1. The minimum absolute atomic E-state index is 0.00693. The SMILES string of the molecule is CC(C)(C)OC(=O)N1CC(C(C)(C)C(=O)O)C1. The van der Waals surface area contributed by atoms with E-state index in [2.05, 4.69) is 0 Å². The van der Waals surface area contributed by atoms with E-state index in [1.807, 2.05) is 20.8 Å². The summed E-state index contributed by atoms with van der Waals surface area (Å²) in [6.07, 6.45) is -0.366. The molecule has 1 fully saturated rings. The number of carbonyl (C=O) groups excluding carboxylic acids is 1. The quantitative estimate of drug-likeness (QED) is 0.805. The molecule has 0 radical (unpaired) electrons. The summed E-state index contributed by atoms with van der Waals surface area (Å²) in [7, 11) is 0. The Bertz CT molecular complexity index is 324. The van der Waals surface area contributed by atoms with Crippen LogP contribution < -0.4 is 0 Å². The Balaban J connectivity index is 2.47. The first-order valence-corrected chi connectivity index (χ1v) is 5.75. The van der Waals surface area contributed by atoms with Crippen LogP contribution in [0.5, 0.6) is 0 Å². The molecule has 0 aromatic heterocycles. The van der Waals surface area contributed by atoms with Crippen molar-refractivity contribution in [3.05, 3.63) is 0 Å². The van der Waals surface area contributed by atoms with E-state index in [1.54, 1.807) is 18.7 Å². The fourth-order valence-corrected chi connectivity index (χ4v) is 1.59. The number of hydrogen-bond acceptors (Lipinski definition) is 3. The van der Waals surface area contributed by atoms with Crippen molar-refractivity contribution >= 4 is 12.1 Å². The van der Waals surface area contributed by atoms with Gasteiger partial charge in [0.1, 0.15) is 5.60 Å². The number of amides is 1. The van der Waals surface area contributed by atoms with Crippen molar-refractivity contribution in [2.24, 2.45) is 11.3 Å². The molecular weight excluding hydrogens is 222 g/mol. The van der Waals surface area contributed by atoms with Gasteiger partial charge in [-0.25, -0.2) is 4.79 Å². The number of likely N-dealkylation sites (tertiary alicyclic amines) is 1. The highest BCUT2D eigenvalue weighted by Crippen LogP contribution is 2.35. The maximum absolute atomic E-state index is 11.6. The first-order chi connectivity index (χ1) is 7.54. The van der Waals surface area contributed by atoms with Crippen LogP contribution in [0.2, 0.25) is 0 Å². The largest absolute Gasteiger partial charge is 0.481 e. The van der Waals surface area contributed by atoms with Gasteiger partial charge in [0.2, 0.25) is 0 Å². The molecule has 1 heterocycles. The van der Waals surface area contributed by atoms with Gasteiger partial charge in [0, 0.05) is 19.0 Å². The molecule has 1 saturated heterocycles. The average Bonchev–Trinajstić information content (AvgIpc) is 1.95. The maximum Gasteiger partial charge on any atom is 0.410 e. The monoisotopic (exact) mass is 243 g/mol. The van der Waals surface area contributed by atoms with Crippen LogP contribution in [0.3, 0.4) is 0 Å². The van der Waals surface area contributed by atoms with Gasteiger partial charge in [0.15, 0.2) is 0 Å². The molecule has 0 atom stereocenters. The third kappa shape index (κ3) is 3.11. The Morgan fingerprint density at radius 3 is 2.00 bits per heavy atom. The van der Waals surface area contributed by atoms with Crippen molar-refractivity contribution in [2.45, 2.75) is 40.2 Å². The van der Waals surface area contributed by atoms with Gasteiger partial charge in [-0.2, -0.15) is 0 Å². The van der Waals surface area contributed by atoms with Crippen molar-refractivity contribution < 1.29 is 19.4 Å². The van der Waals surface area contributed by atoms with E-state index in [-0.39, 0.29) is 12.0 Å². The first kappa shape index (κ1) is 13.8. The lowest BCUT2D eigenvalue weighted by Gasteiger charge is -2.45. The summed E-state index contributed by atoms with van der Waals surface area (Å²) in [5.74, 6) is -0.834. The smallest absolute Gasteiger partial charge is 0.410 e. The van der Waals surface area contributed by atoms with E-state index in [1.165, 1.54) is 0 Å². The molecule has 0 saturated carbocycles. The van der Waals surface area contributed by atoms with Gasteiger partial charge in [-0.3, -0.25) is 4.79 Å². The third-order valence-corrected chi connectivity index (χ3v) is 3.11. The zero-order valence-electron chi connectivity index (χ0n) is 11.1. The molecule has 98 valence electrons. The fraction of sp³-hybridized carbons (Fsp3) is 0.833. The summed E-state index contributed by atoms with van der Waals surface area (Å²) >= 11 is 0. The number of rotatable bonds is 2. The van der Waals surface area contributed by atoms with Crippen LogP contribution in [0.4, 0.5) is 4.79 Å². The molecule has 1 amide bonds. The number of carbonyl (C=O) groups is 2. The van der Waals surface area contributed by atoms with Crippen molar-refractivity contribution in [3.8, 4) is 0 Å². The molecule has 0 aromatic carbocycles. The molecule has 0 unspecified atom stereocenters. The standard InChI is InChI=1S/C12H21NO4/c1-11(2,3)17-10(16)13-6-8(7-13)12(4,5)9(14)15/h8H,6-7H2,1-5H3,(H,14,15). The highest BCUT2D eigenvalue weighted by Gasteiger charge is 2.46. The third-order valence-electron chi connectivity index (χ3n) is 3.11. The molecule has 1 N–H and O–H groups in total. The van der Waals surface area contributed by atoms with Crippen LogP contribution in [0, 0.1) is 11.3 Å². The molecular formula is C12H21NO4. The maximum atomic E-state index is 11.6. The Morgan fingerprint density at radius 1 is 1.18 bits per heavy atom. The number of aliphatic carboxylic acids is 1. The van der Waals surface area contributed by atoms with E-state index in [0.29, 0.717) is 13.1 Å². The Kier molecular flexibility index (Phi) is 3.41. The van der Waals surface area contributed by atoms with Crippen LogP contribution >= 0.6 is 0 Å². The van der Waals surface area contributed by atoms with Crippen LogP contribution in [0.25, 0.3) is 0 Å². The van der Waals surface area contributed by atoms with Gasteiger partial charge in [-0.1, -0.05) is 0 Å². The highest BCUT2D eigenvalue weighted by molar-refractivity contribution is 5.75. The molecule has 0 aliphatic carbocycles. The van der Waals surface area contributed by atoms with Gasteiger partial charge in [-0.05, 0) is 34.6 Å². The molecule has 1 aliphatic rings. The van der Waals surface area contributed by atoms with Crippen molar-refractivity contribution in [1.82, 2.24) is 4.90 Å². The summed E-state index contributed by atoms with van der Waals surface area (Å²) in [6, 6.07) is 0. The molecule has 0 spiro atoms. The van der Waals surface area contributed by atoms with E-state index in [4.69, 9.17) is 9.84 Å². The number of hydrogen-bond donors (Lipinski definition) is 1. The second-order valence-electron chi connectivity index (χ2n) is 6.11. The lowest BCUT2D eigenvalue weighted by molar-refractivity contribution is -0.154. The Morgan fingerprint density at radius 2 is 1.65 bits per heavy atom. The van der Waals surface area contributed by atoms with Crippen molar-refractivity contribution in [3.63, 3.8) is 0 Å². The van der Waals surface area contributed by atoms with E-state index < -0.39 is 17.0 Å². The normalized spacial score (nSPS) is 17.6. The highest BCUT2D eigenvalue weighted by atomic mass is 16.6. The molecule has 0 aromatic rings. The van der Waals surface area contributed by atoms with E-state index >= 15 is 0 Å². The molecule has 1 aliphatic heterocycles. The Hall–Kier alpha value is -1.26. The van der Waals surface area contributed by atoms with Crippen LogP contribution in [0.1, 0.15) is 34.6 Å². The minimum Gasteiger partial charge on any atom is -0.481 e. The minimum atomic E-state index is -0.827. The second-order valence-corrected chi connectivity index (χ2v) is 6.11. The number of nitrogens with zero attached hydrogens (tertiary/aromatic N) is 1. The summed E-state index contributed by atoms with van der Waals surface area (Å²) < 4.78 is 5.20. The molecule has 5 heteroatoms.